The maximum absolute atomic E-state index is 10.5. The maximum Gasteiger partial charge on any atom is 0.274 e. The Hall–Kier alpha value is -2.36. The van der Waals surface area contributed by atoms with Crippen molar-refractivity contribution in [3.05, 3.63) is 52.0 Å². The summed E-state index contributed by atoms with van der Waals surface area (Å²) >= 11 is 0. The van der Waals surface area contributed by atoms with Gasteiger partial charge in [0.2, 0.25) is 0 Å². The number of nitrogens with one attached hydrogen (secondary N) is 3. The van der Waals surface area contributed by atoms with Crippen LogP contribution in [0, 0.1) is 10.1 Å². The standard InChI is InChI=1S/C18H29N5O4/c1-19-18(12-23(25)26)21-11-16(24)13-27-17-5-3-4-14(9-17)8-15-10-20-6-7-22(15)2/h3-5,9,12,15-16,19-21,24H,6-8,10-11,13H2,1-2H3. The molecule has 4 N–H and O–H groups in total. The fourth-order valence-corrected chi connectivity index (χ4v) is 2.91. The quantitative estimate of drug-likeness (QED) is 0.325. The van der Waals surface area contributed by atoms with Gasteiger partial charge in [0.1, 0.15) is 18.5 Å². The van der Waals surface area contributed by atoms with Crippen molar-refractivity contribution in [1.82, 2.24) is 20.9 Å². The zero-order valence-electron chi connectivity index (χ0n) is 15.9. The third-order valence-electron chi connectivity index (χ3n) is 4.49. The summed E-state index contributed by atoms with van der Waals surface area (Å²) in [5, 5.41) is 29.3. The monoisotopic (exact) mass is 379 g/mol. The Labute approximate surface area is 159 Å². The van der Waals surface area contributed by atoms with Crippen LogP contribution < -0.4 is 20.7 Å². The van der Waals surface area contributed by atoms with Crippen LogP contribution in [0.4, 0.5) is 0 Å². The van der Waals surface area contributed by atoms with E-state index in [0.29, 0.717) is 11.8 Å². The Bertz CT molecular complexity index is 640. The minimum absolute atomic E-state index is 0.0940. The molecule has 0 amide bonds. The largest absolute Gasteiger partial charge is 0.491 e. The lowest BCUT2D eigenvalue weighted by Gasteiger charge is -2.33. The Kier molecular flexibility index (Phi) is 8.31. The number of likely N-dealkylation sites (N-methyl/N-ethyl adjacent to an activating group) is 1. The third kappa shape index (κ3) is 7.41. The Morgan fingerprint density at radius 3 is 3.11 bits per heavy atom. The Morgan fingerprint density at radius 1 is 1.59 bits per heavy atom. The molecule has 1 fully saturated rings. The van der Waals surface area contributed by atoms with E-state index in [4.69, 9.17) is 4.74 Å². The van der Waals surface area contributed by atoms with E-state index in [1.165, 1.54) is 5.56 Å². The highest BCUT2D eigenvalue weighted by Crippen LogP contribution is 2.17. The molecule has 150 valence electrons. The van der Waals surface area contributed by atoms with E-state index < -0.39 is 11.0 Å². The van der Waals surface area contributed by atoms with Gasteiger partial charge >= 0.3 is 0 Å². The Balaban J connectivity index is 1.80. The third-order valence-corrected chi connectivity index (χ3v) is 4.49. The van der Waals surface area contributed by atoms with Gasteiger partial charge in [-0.2, -0.15) is 0 Å². The van der Waals surface area contributed by atoms with Crippen molar-refractivity contribution in [2.45, 2.75) is 18.6 Å². The molecule has 0 saturated carbocycles. The number of aliphatic hydroxyl groups excluding tert-OH is 1. The second-order valence-electron chi connectivity index (χ2n) is 6.61. The van der Waals surface area contributed by atoms with Gasteiger partial charge in [-0.3, -0.25) is 10.1 Å². The van der Waals surface area contributed by atoms with E-state index in [2.05, 4.69) is 34.0 Å². The van der Waals surface area contributed by atoms with E-state index in [0.717, 1.165) is 32.3 Å². The zero-order chi connectivity index (χ0) is 19.6. The molecule has 1 aromatic rings. The first-order valence-corrected chi connectivity index (χ1v) is 9.05. The molecule has 2 unspecified atom stereocenters. The number of hydrogen-bond acceptors (Lipinski definition) is 8. The van der Waals surface area contributed by atoms with Crippen LogP contribution >= 0.6 is 0 Å². The number of ether oxygens (including phenoxy) is 1. The van der Waals surface area contributed by atoms with Crippen LogP contribution in [0.2, 0.25) is 0 Å². The summed E-state index contributed by atoms with van der Waals surface area (Å²) in [4.78, 5) is 12.3. The van der Waals surface area contributed by atoms with Gasteiger partial charge in [0.05, 0.1) is 4.92 Å². The molecule has 0 aromatic heterocycles. The van der Waals surface area contributed by atoms with Gasteiger partial charge in [0, 0.05) is 39.3 Å². The molecule has 9 nitrogen and oxygen atoms in total. The van der Waals surface area contributed by atoms with Gasteiger partial charge in [-0.1, -0.05) is 12.1 Å². The van der Waals surface area contributed by atoms with Crippen LogP contribution in [0.3, 0.4) is 0 Å². The lowest BCUT2D eigenvalue weighted by Crippen LogP contribution is -2.50. The summed E-state index contributed by atoms with van der Waals surface area (Å²) in [6.07, 6.45) is 0.946. The van der Waals surface area contributed by atoms with E-state index in [1.807, 2.05) is 18.2 Å². The van der Waals surface area contributed by atoms with Crippen molar-refractivity contribution in [1.29, 1.82) is 0 Å². The highest BCUT2D eigenvalue weighted by Gasteiger charge is 2.18. The van der Waals surface area contributed by atoms with Crippen LogP contribution in [-0.4, -0.2) is 74.0 Å². The number of piperazine rings is 1. The SMILES string of the molecule is CNC(=C[N+](=O)[O-])NCC(O)COc1cccc(CC2CNCCN2C)c1. The smallest absolute Gasteiger partial charge is 0.274 e. The summed E-state index contributed by atoms with van der Waals surface area (Å²) in [5.41, 5.74) is 1.19. The summed E-state index contributed by atoms with van der Waals surface area (Å²) in [6.45, 7) is 3.26. The van der Waals surface area contributed by atoms with Gasteiger partial charge < -0.3 is 30.7 Å². The molecule has 1 aliphatic heterocycles. The van der Waals surface area contributed by atoms with E-state index in [1.54, 1.807) is 7.05 Å². The Morgan fingerprint density at radius 2 is 2.41 bits per heavy atom. The van der Waals surface area contributed by atoms with Gasteiger partial charge in [-0.25, -0.2) is 0 Å². The second-order valence-corrected chi connectivity index (χ2v) is 6.61. The molecule has 2 atom stereocenters. The van der Waals surface area contributed by atoms with Gasteiger partial charge in [0.25, 0.3) is 6.20 Å². The second kappa shape index (κ2) is 10.7. The summed E-state index contributed by atoms with van der Waals surface area (Å²) in [7, 11) is 3.71. The molecule has 2 rings (SSSR count). The average molecular weight is 379 g/mol. The van der Waals surface area contributed by atoms with Crippen molar-refractivity contribution < 1.29 is 14.8 Å². The highest BCUT2D eigenvalue weighted by molar-refractivity contribution is 5.29. The predicted molar refractivity (Wildman–Crippen MR) is 103 cm³/mol. The number of nitrogens with zero attached hydrogens (tertiary/aromatic N) is 2. The van der Waals surface area contributed by atoms with Crippen LogP contribution in [0.25, 0.3) is 0 Å². The van der Waals surface area contributed by atoms with Crippen molar-refractivity contribution in [2.75, 3.05) is 46.9 Å². The average Bonchev–Trinajstić information content (AvgIpc) is 2.65. The van der Waals surface area contributed by atoms with Gasteiger partial charge in [0.15, 0.2) is 5.82 Å². The number of rotatable bonds is 10. The molecule has 1 saturated heterocycles. The normalized spacial score (nSPS) is 19.4. The van der Waals surface area contributed by atoms with Crippen LogP contribution in [0.15, 0.2) is 36.3 Å². The summed E-state index contributed by atoms with van der Waals surface area (Å²) in [5.74, 6) is 0.930. The van der Waals surface area contributed by atoms with Crippen LogP contribution in [-0.2, 0) is 6.42 Å². The molecule has 0 bridgehead atoms. The molecule has 1 aromatic carbocycles. The first kappa shape index (κ1) is 20.9. The molecular formula is C18H29N5O4. The summed E-state index contributed by atoms with van der Waals surface area (Å²) in [6, 6.07) is 8.34. The first-order chi connectivity index (χ1) is 13.0. The first-order valence-electron chi connectivity index (χ1n) is 9.05. The lowest BCUT2D eigenvalue weighted by molar-refractivity contribution is -0.404. The van der Waals surface area contributed by atoms with E-state index >= 15 is 0 Å². The predicted octanol–water partition coefficient (Wildman–Crippen LogP) is -0.243. The van der Waals surface area contributed by atoms with Crippen LogP contribution in [0.5, 0.6) is 5.75 Å². The number of aliphatic hydroxyl groups is 1. The fraction of sp³-hybridized carbons (Fsp3) is 0.556. The van der Waals surface area contributed by atoms with Crippen molar-refractivity contribution in [2.24, 2.45) is 0 Å². The number of hydrogen-bond donors (Lipinski definition) is 4. The van der Waals surface area contributed by atoms with Crippen LogP contribution in [0.1, 0.15) is 5.56 Å². The zero-order valence-corrected chi connectivity index (χ0v) is 15.9. The van der Waals surface area contributed by atoms with E-state index in [9.17, 15) is 15.2 Å². The number of benzene rings is 1. The topological polar surface area (TPSA) is 112 Å². The number of nitro groups is 1. The molecule has 27 heavy (non-hydrogen) atoms. The highest BCUT2D eigenvalue weighted by atomic mass is 16.6. The van der Waals surface area contributed by atoms with E-state index in [-0.39, 0.29) is 19.0 Å². The molecule has 1 heterocycles. The molecule has 0 radical (unpaired) electrons. The molecule has 0 aliphatic carbocycles. The van der Waals surface area contributed by atoms with Gasteiger partial charge in [-0.05, 0) is 31.2 Å². The molecule has 9 heteroatoms. The molecular weight excluding hydrogens is 350 g/mol. The molecule has 1 aliphatic rings. The van der Waals surface area contributed by atoms with Crippen molar-refractivity contribution in [3.63, 3.8) is 0 Å². The minimum Gasteiger partial charge on any atom is -0.491 e. The minimum atomic E-state index is -0.800. The fourth-order valence-electron chi connectivity index (χ4n) is 2.91. The van der Waals surface area contributed by atoms with Crippen molar-refractivity contribution >= 4 is 0 Å². The van der Waals surface area contributed by atoms with Gasteiger partial charge in [-0.15, -0.1) is 0 Å². The van der Waals surface area contributed by atoms with Crippen molar-refractivity contribution in [3.8, 4) is 5.75 Å². The lowest BCUT2D eigenvalue weighted by atomic mass is 10.0. The maximum atomic E-state index is 10.5. The molecule has 0 spiro atoms. The summed E-state index contributed by atoms with van der Waals surface area (Å²) < 4.78 is 5.68.